The Morgan fingerprint density at radius 1 is 1.35 bits per heavy atom. The van der Waals surface area contributed by atoms with Gasteiger partial charge in [-0.1, -0.05) is 0 Å². The first-order chi connectivity index (χ1) is 9.12. The van der Waals surface area contributed by atoms with Crippen LogP contribution in [-0.4, -0.2) is 54.7 Å². The molecule has 1 heterocycles. The highest BCUT2D eigenvalue weighted by atomic mass is 19.4. The van der Waals surface area contributed by atoms with Crippen molar-refractivity contribution in [1.29, 1.82) is 0 Å². The molecule has 0 unspecified atom stereocenters. The largest absolute Gasteiger partial charge is 0.411 e. The Kier molecular flexibility index (Phi) is 5.38. The van der Waals surface area contributed by atoms with Gasteiger partial charge in [0.05, 0.1) is 0 Å². The molecule has 0 aliphatic carbocycles. The van der Waals surface area contributed by atoms with Crippen LogP contribution in [0.4, 0.5) is 13.2 Å². The molecule has 0 spiro atoms. The van der Waals surface area contributed by atoms with E-state index in [0.29, 0.717) is 6.42 Å². The summed E-state index contributed by atoms with van der Waals surface area (Å²) in [5.74, 6) is -0.446. The van der Waals surface area contributed by atoms with Crippen LogP contribution in [-0.2, 0) is 14.3 Å². The van der Waals surface area contributed by atoms with E-state index in [-0.39, 0.29) is 37.9 Å². The molecule has 2 amide bonds. The number of hydrogen-bond acceptors (Lipinski definition) is 3. The van der Waals surface area contributed by atoms with Gasteiger partial charge in [-0.2, -0.15) is 13.2 Å². The third-order valence-corrected chi connectivity index (χ3v) is 2.87. The van der Waals surface area contributed by atoms with Gasteiger partial charge in [0.25, 0.3) is 0 Å². The summed E-state index contributed by atoms with van der Waals surface area (Å²) in [6.07, 6.45) is -3.85. The van der Waals surface area contributed by atoms with Gasteiger partial charge in [0, 0.05) is 26.1 Å². The molecule has 1 aliphatic rings. The van der Waals surface area contributed by atoms with Crippen LogP contribution in [0.3, 0.4) is 0 Å². The summed E-state index contributed by atoms with van der Waals surface area (Å²) in [4.78, 5) is 25.0. The molecule has 0 radical (unpaired) electrons. The van der Waals surface area contributed by atoms with Gasteiger partial charge in [0.2, 0.25) is 11.8 Å². The standard InChI is InChI=1S/C12H19F3N2O3/c1-11(2)10(19)17(6-4-9(18)16-11)5-3-7-20-8-12(13,14)15/h3-8H2,1-2H3,(H,16,18). The number of nitrogens with zero attached hydrogens (tertiary/aromatic N) is 1. The van der Waals surface area contributed by atoms with Crippen molar-refractivity contribution in [2.45, 2.75) is 38.4 Å². The first-order valence-electron chi connectivity index (χ1n) is 6.37. The summed E-state index contributed by atoms with van der Waals surface area (Å²) in [5, 5.41) is 2.61. The van der Waals surface area contributed by atoms with Gasteiger partial charge < -0.3 is 15.0 Å². The van der Waals surface area contributed by atoms with E-state index >= 15 is 0 Å². The van der Waals surface area contributed by atoms with Crippen LogP contribution in [0.15, 0.2) is 0 Å². The number of halogens is 3. The fraction of sp³-hybridized carbons (Fsp3) is 0.833. The molecule has 0 aromatic heterocycles. The van der Waals surface area contributed by atoms with Gasteiger partial charge in [-0.25, -0.2) is 0 Å². The highest BCUT2D eigenvalue weighted by molar-refractivity contribution is 5.92. The summed E-state index contributed by atoms with van der Waals surface area (Å²) >= 11 is 0. The maximum atomic E-state index is 12.1. The zero-order valence-corrected chi connectivity index (χ0v) is 11.5. The van der Waals surface area contributed by atoms with E-state index < -0.39 is 18.3 Å². The van der Waals surface area contributed by atoms with Crippen LogP contribution in [0.2, 0.25) is 0 Å². The van der Waals surface area contributed by atoms with Crippen molar-refractivity contribution in [3.05, 3.63) is 0 Å². The molecule has 5 nitrogen and oxygen atoms in total. The molecular weight excluding hydrogens is 277 g/mol. The number of carbonyl (C=O) groups excluding carboxylic acids is 2. The molecule has 1 aliphatic heterocycles. The Hall–Kier alpha value is -1.31. The smallest absolute Gasteiger partial charge is 0.372 e. The second-order valence-electron chi connectivity index (χ2n) is 5.24. The summed E-state index contributed by atoms with van der Waals surface area (Å²) in [7, 11) is 0. The summed E-state index contributed by atoms with van der Waals surface area (Å²) in [5.41, 5.74) is -0.986. The molecule has 0 aromatic carbocycles. The fourth-order valence-electron chi connectivity index (χ4n) is 1.96. The molecule has 1 N–H and O–H groups in total. The van der Waals surface area contributed by atoms with Crippen molar-refractivity contribution in [2.24, 2.45) is 0 Å². The molecular formula is C12H19F3N2O3. The number of alkyl halides is 3. The average Bonchev–Trinajstić information content (AvgIpc) is 2.37. The molecule has 0 aromatic rings. The molecule has 8 heteroatoms. The van der Waals surface area contributed by atoms with Crippen molar-refractivity contribution in [1.82, 2.24) is 10.2 Å². The first-order valence-corrected chi connectivity index (χ1v) is 6.37. The number of ether oxygens (including phenoxy) is 1. The van der Waals surface area contributed by atoms with E-state index in [1.807, 2.05) is 0 Å². The van der Waals surface area contributed by atoms with E-state index in [1.54, 1.807) is 13.8 Å². The summed E-state index contributed by atoms with van der Waals surface area (Å²) in [6, 6.07) is 0. The van der Waals surface area contributed by atoms with E-state index in [1.165, 1.54) is 4.90 Å². The highest BCUT2D eigenvalue weighted by Gasteiger charge is 2.36. The molecule has 116 valence electrons. The SMILES string of the molecule is CC1(C)NC(=O)CCN(CCCOCC(F)(F)F)C1=O. The van der Waals surface area contributed by atoms with Crippen LogP contribution in [0.25, 0.3) is 0 Å². The molecule has 0 atom stereocenters. The fourth-order valence-corrected chi connectivity index (χ4v) is 1.96. The summed E-state index contributed by atoms with van der Waals surface area (Å²) < 4.78 is 40.1. The van der Waals surface area contributed by atoms with Crippen LogP contribution in [0.1, 0.15) is 26.7 Å². The van der Waals surface area contributed by atoms with Crippen LogP contribution in [0.5, 0.6) is 0 Å². The van der Waals surface area contributed by atoms with Gasteiger partial charge in [-0.15, -0.1) is 0 Å². The molecule has 1 fully saturated rings. The van der Waals surface area contributed by atoms with Crippen molar-refractivity contribution in [3.8, 4) is 0 Å². The Labute approximate surface area is 115 Å². The quantitative estimate of drug-likeness (QED) is 0.772. The lowest BCUT2D eigenvalue weighted by Gasteiger charge is -2.28. The van der Waals surface area contributed by atoms with Gasteiger partial charge in [0.1, 0.15) is 12.1 Å². The minimum Gasteiger partial charge on any atom is -0.372 e. The Morgan fingerprint density at radius 2 is 2.00 bits per heavy atom. The predicted octanol–water partition coefficient (Wildman–Crippen LogP) is 1.08. The minimum atomic E-state index is -4.34. The first kappa shape index (κ1) is 16.7. The molecule has 0 bridgehead atoms. The lowest BCUT2D eigenvalue weighted by molar-refractivity contribution is -0.174. The van der Waals surface area contributed by atoms with Crippen LogP contribution in [0, 0.1) is 0 Å². The zero-order chi connectivity index (χ0) is 15.4. The van der Waals surface area contributed by atoms with E-state index in [0.717, 1.165) is 0 Å². The van der Waals surface area contributed by atoms with Gasteiger partial charge in [-0.05, 0) is 20.3 Å². The minimum absolute atomic E-state index is 0.0783. The zero-order valence-electron chi connectivity index (χ0n) is 11.5. The number of hydrogen-bond donors (Lipinski definition) is 1. The van der Waals surface area contributed by atoms with Crippen molar-refractivity contribution >= 4 is 11.8 Å². The van der Waals surface area contributed by atoms with E-state index in [4.69, 9.17) is 0 Å². The molecule has 1 rings (SSSR count). The van der Waals surface area contributed by atoms with Gasteiger partial charge in [-0.3, -0.25) is 9.59 Å². The molecule has 20 heavy (non-hydrogen) atoms. The number of carbonyl (C=O) groups is 2. The van der Waals surface area contributed by atoms with Crippen LogP contribution >= 0.6 is 0 Å². The Bertz CT molecular complexity index is 369. The number of amides is 2. The second-order valence-corrected chi connectivity index (χ2v) is 5.24. The van der Waals surface area contributed by atoms with Crippen molar-refractivity contribution < 1.29 is 27.5 Å². The van der Waals surface area contributed by atoms with Crippen molar-refractivity contribution in [2.75, 3.05) is 26.3 Å². The third-order valence-electron chi connectivity index (χ3n) is 2.87. The third kappa shape index (κ3) is 5.36. The van der Waals surface area contributed by atoms with Crippen molar-refractivity contribution in [3.63, 3.8) is 0 Å². The highest BCUT2D eigenvalue weighted by Crippen LogP contribution is 2.15. The normalized spacial score (nSPS) is 19.8. The predicted molar refractivity (Wildman–Crippen MR) is 64.9 cm³/mol. The molecule has 1 saturated heterocycles. The second kappa shape index (κ2) is 6.43. The number of rotatable bonds is 5. The van der Waals surface area contributed by atoms with Gasteiger partial charge >= 0.3 is 6.18 Å². The lowest BCUT2D eigenvalue weighted by Crippen LogP contribution is -2.53. The Morgan fingerprint density at radius 3 is 2.60 bits per heavy atom. The van der Waals surface area contributed by atoms with E-state index in [2.05, 4.69) is 10.1 Å². The Balaban J connectivity index is 2.39. The van der Waals surface area contributed by atoms with E-state index in [9.17, 15) is 22.8 Å². The molecule has 0 saturated carbocycles. The number of nitrogens with one attached hydrogen (secondary N) is 1. The van der Waals surface area contributed by atoms with Crippen LogP contribution < -0.4 is 5.32 Å². The topological polar surface area (TPSA) is 58.6 Å². The summed E-state index contributed by atoms with van der Waals surface area (Å²) in [6.45, 7) is 2.39. The maximum Gasteiger partial charge on any atom is 0.411 e. The average molecular weight is 296 g/mol. The monoisotopic (exact) mass is 296 g/mol. The van der Waals surface area contributed by atoms with Gasteiger partial charge in [0.15, 0.2) is 0 Å². The lowest BCUT2D eigenvalue weighted by atomic mass is 10.0. The maximum absolute atomic E-state index is 12.1.